The summed E-state index contributed by atoms with van der Waals surface area (Å²) in [6.45, 7) is 2.95. The third-order valence-corrected chi connectivity index (χ3v) is 5.62. The first-order chi connectivity index (χ1) is 11.9. The first kappa shape index (κ1) is 15.8. The molecule has 2 aromatic rings. The minimum absolute atomic E-state index is 0.226. The summed E-state index contributed by atoms with van der Waals surface area (Å²) in [6.07, 6.45) is 2.15. The molecule has 2 atom stereocenters. The first-order valence-corrected chi connectivity index (χ1v) is 8.18. The molecule has 1 aromatic heterocycles. The van der Waals surface area contributed by atoms with Crippen molar-refractivity contribution in [2.45, 2.75) is 19.9 Å². The van der Waals surface area contributed by atoms with E-state index in [1.165, 1.54) is 0 Å². The van der Waals surface area contributed by atoms with Crippen molar-refractivity contribution >= 4 is 11.9 Å². The molecule has 1 aliphatic heterocycles. The molecule has 0 amide bonds. The molecule has 2 heterocycles. The molecule has 2 aliphatic rings. The maximum Gasteiger partial charge on any atom is 0.312 e. The molecule has 7 heteroatoms. The zero-order valence-electron chi connectivity index (χ0n) is 13.8. The van der Waals surface area contributed by atoms with Crippen LogP contribution in [0.3, 0.4) is 0 Å². The lowest BCUT2D eigenvalue weighted by atomic mass is 9.97. The van der Waals surface area contributed by atoms with Crippen LogP contribution in [-0.4, -0.2) is 49.9 Å². The van der Waals surface area contributed by atoms with Crippen LogP contribution in [0, 0.1) is 17.8 Å². The van der Waals surface area contributed by atoms with Gasteiger partial charge in [-0.15, -0.1) is 0 Å². The van der Waals surface area contributed by atoms with Crippen molar-refractivity contribution in [3.63, 3.8) is 0 Å². The summed E-state index contributed by atoms with van der Waals surface area (Å²) >= 11 is 0. The van der Waals surface area contributed by atoms with Crippen molar-refractivity contribution in [3.05, 3.63) is 47.8 Å². The standard InChI is InChI=1S/C18H19N3O4/c1-12-13(8-21(19-12)14-5-3-2-4-6-14)7-20-10-17(15(22)23)9-18(17,11-20)16(24)25/h2-6,8H,7,9-11H2,1H3,(H,22,23)(H,24,25)/t17-,18+. The fourth-order valence-electron chi connectivity index (χ4n) is 4.12. The van der Waals surface area contributed by atoms with Crippen LogP contribution in [0.4, 0.5) is 0 Å². The molecule has 1 saturated carbocycles. The van der Waals surface area contributed by atoms with Gasteiger partial charge in [0.05, 0.1) is 22.2 Å². The van der Waals surface area contributed by atoms with Crippen LogP contribution in [0.1, 0.15) is 17.7 Å². The minimum Gasteiger partial charge on any atom is -0.481 e. The highest BCUT2D eigenvalue weighted by molar-refractivity contribution is 5.94. The Hall–Kier alpha value is -2.67. The second-order valence-corrected chi connectivity index (χ2v) is 7.12. The molecule has 0 bridgehead atoms. The number of hydrogen-bond donors (Lipinski definition) is 2. The molecular weight excluding hydrogens is 322 g/mol. The largest absolute Gasteiger partial charge is 0.481 e. The summed E-state index contributed by atoms with van der Waals surface area (Å²) < 4.78 is 1.79. The van der Waals surface area contributed by atoms with Crippen molar-refractivity contribution in [2.75, 3.05) is 13.1 Å². The van der Waals surface area contributed by atoms with Gasteiger partial charge >= 0.3 is 11.9 Å². The predicted molar refractivity (Wildman–Crippen MR) is 88.3 cm³/mol. The zero-order chi connectivity index (χ0) is 17.8. The van der Waals surface area contributed by atoms with Gasteiger partial charge in [-0.05, 0) is 25.5 Å². The van der Waals surface area contributed by atoms with Gasteiger partial charge in [-0.1, -0.05) is 18.2 Å². The average molecular weight is 341 g/mol. The highest BCUT2D eigenvalue weighted by Crippen LogP contribution is 2.68. The van der Waals surface area contributed by atoms with Crippen LogP contribution in [0.2, 0.25) is 0 Å². The molecule has 1 aromatic carbocycles. The highest BCUT2D eigenvalue weighted by Gasteiger charge is 2.80. The number of aromatic nitrogens is 2. The van der Waals surface area contributed by atoms with E-state index in [0.29, 0.717) is 6.54 Å². The number of piperidine rings is 1. The van der Waals surface area contributed by atoms with Gasteiger partial charge in [0.25, 0.3) is 0 Å². The van der Waals surface area contributed by atoms with E-state index in [4.69, 9.17) is 0 Å². The zero-order valence-corrected chi connectivity index (χ0v) is 13.8. The second-order valence-electron chi connectivity index (χ2n) is 7.12. The molecule has 130 valence electrons. The molecule has 7 nitrogen and oxygen atoms in total. The van der Waals surface area contributed by atoms with Crippen LogP contribution < -0.4 is 0 Å². The quantitative estimate of drug-likeness (QED) is 0.856. The van der Waals surface area contributed by atoms with Gasteiger partial charge < -0.3 is 10.2 Å². The van der Waals surface area contributed by atoms with Crippen molar-refractivity contribution in [3.8, 4) is 5.69 Å². The lowest BCUT2D eigenvalue weighted by molar-refractivity contribution is -0.151. The number of fused-ring (bicyclic) bond motifs is 1. The number of aliphatic carboxylic acids is 2. The number of carbonyl (C=O) groups is 2. The van der Waals surface area contributed by atoms with Crippen molar-refractivity contribution in [1.29, 1.82) is 0 Å². The maximum atomic E-state index is 11.6. The van der Waals surface area contributed by atoms with Crippen LogP contribution >= 0.6 is 0 Å². The third-order valence-electron chi connectivity index (χ3n) is 5.62. The van der Waals surface area contributed by atoms with E-state index in [2.05, 4.69) is 5.10 Å². The van der Waals surface area contributed by atoms with E-state index >= 15 is 0 Å². The molecule has 25 heavy (non-hydrogen) atoms. The summed E-state index contributed by atoms with van der Waals surface area (Å²) in [4.78, 5) is 25.2. The molecule has 2 fully saturated rings. The third kappa shape index (κ3) is 2.19. The van der Waals surface area contributed by atoms with Crippen molar-refractivity contribution < 1.29 is 19.8 Å². The summed E-state index contributed by atoms with van der Waals surface area (Å²) in [5.74, 6) is -2.01. The number of benzene rings is 1. The van der Waals surface area contributed by atoms with Gasteiger partial charge in [0.2, 0.25) is 0 Å². The number of carboxylic acids is 2. The number of nitrogens with zero attached hydrogens (tertiary/aromatic N) is 3. The van der Waals surface area contributed by atoms with Crippen molar-refractivity contribution in [1.82, 2.24) is 14.7 Å². The maximum absolute atomic E-state index is 11.6. The van der Waals surface area contributed by atoms with Gasteiger partial charge in [0.1, 0.15) is 0 Å². The van der Waals surface area contributed by atoms with Crippen LogP contribution in [0.25, 0.3) is 5.69 Å². The van der Waals surface area contributed by atoms with Crippen LogP contribution in [-0.2, 0) is 16.1 Å². The number of rotatable bonds is 5. The monoisotopic (exact) mass is 341 g/mol. The Kier molecular flexibility index (Phi) is 3.27. The fourth-order valence-corrected chi connectivity index (χ4v) is 4.12. The Balaban J connectivity index is 1.56. The molecule has 0 unspecified atom stereocenters. The number of carboxylic acid groups (broad SMARTS) is 2. The Labute approximate surface area is 144 Å². The van der Waals surface area contributed by atoms with Crippen LogP contribution in [0.15, 0.2) is 36.5 Å². The van der Waals surface area contributed by atoms with Gasteiger partial charge in [0, 0.05) is 31.4 Å². The number of aryl methyl sites for hydroxylation is 1. The second kappa shape index (κ2) is 5.16. The van der Waals surface area contributed by atoms with E-state index < -0.39 is 22.8 Å². The lowest BCUT2D eigenvalue weighted by Gasteiger charge is -2.18. The lowest BCUT2D eigenvalue weighted by Crippen LogP contribution is -2.28. The molecule has 4 rings (SSSR count). The Morgan fingerprint density at radius 2 is 1.72 bits per heavy atom. The highest BCUT2D eigenvalue weighted by atomic mass is 16.4. The summed E-state index contributed by atoms with van der Waals surface area (Å²) in [7, 11) is 0. The SMILES string of the molecule is Cc1nn(-c2ccccc2)cc1CN1C[C@@]2(C(=O)O)C[C@@]2(C(=O)O)C1. The average Bonchev–Trinajstić information content (AvgIpc) is 2.92. The van der Waals surface area contributed by atoms with Gasteiger partial charge in [0.15, 0.2) is 0 Å². The Morgan fingerprint density at radius 3 is 2.28 bits per heavy atom. The number of para-hydroxylation sites is 1. The van der Waals surface area contributed by atoms with E-state index in [-0.39, 0.29) is 19.5 Å². The first-order valence-electron chi connectivity index (χ1n) is 8.18. The summed E-state index contributed by atoms with van der Waals surface area (Å²) in [6, 6.07) is 9.73. The van der Waals surface area contributed by atoms with Crippen molar-refractivity contribution in [2.24, 2.45) is 10.8 Å². The summed E-state index contributed by atoms with van der Waals surface area (Å²) in [5, 5.41) is 23.5. The molecular formula is C18H19N3O4. The minimum atomic E-state index is -1.14. The fraction of sp³-hybridized carbons (Fsp3) is 0.389. The van der Waals surface area contributed by atoms with Gasteiger partial charge in [-0.3, -0.25) is 14.5 Å². The van der Waals surface area contributed by atoms with E-state index in [1.807, 2.05) is 48.4 Å². The Morgan fingerprint density at radius 1 is 1.12 bits per heavy atom. The van der Waals surface area contributed by atoms with Gasteiger partial charge in [-0.25, -0.2) is 4.68 Å². The number of likely N-dealkylation sites (tertiary alicyclic amines) is 1. The molecule has 2 N–H and O–H groups in total. The molecule has 0 radical (unpaired) electrons. The van der Waals surface area contributed by atoms with E-state index in [1.54, 1.807) is 4.68 Å². The van der Waals surface area contributed by atoms with E-state index in [9.17, 15) is 19.8 Å². The molecule has 0 spiro atoms. The van der Waals surface area contributed by atoms with Gasteiger partial charge in [-0.2, -0.15) is 5.10 Å². The predicted octanol–water partition coefficient (Wildman–Crippen LogP) is 1.54. The van der Waals surface area contributed by atoms with Crippen LogP contribution in [0.5, 0.6) is 0 Å². The molecule has 1 saturated heterocycles. The normalized spacial score (nSPS) is 27.9. The number of hydrogen-bond acceptors (Lipinski definition) is 4. The summed E-state index contributed by atoms with van der Waals surface area (Å²) in [5.41, 5.74) is 0.513. The smallest absolute Gasteiger partial charge is 0.312 e. The topological polar surface area (TPSA) is 95.7 Å². The Bertz CT molecular complexity index is 834. The molecule has 1 aliphatic carbocycles. The van der Waals surface area contributed by atoms with E-state index in [0.717, 1.165) is 16.9 Å².